The summed E-state index contributed by atoms with van der Waals surface area (Å²) < 4.78 is 5.99. The summed E-state index contributed by atoms with van der Waals surface area (Å²) in [5.41, 5.74) is 1.39. The van der Waals surface area contributed by atoms with Crippen LogP contribution in [0.1, 0.15) is 57.4 Å². The van der Waals surface area contributed by atoms with Gasteiger partial charge in [0.2, 0.25) is 0 Å². The van der Waals surface area contributed by atoms with Crippen LogP contribution in [0.3, 0.4) is 0 Å². The molecule has 0 saturated heterocycles. The Labute approximate surface area is 98.8 Å². The van der Waals surface area contributed by atoms with Crippen molar-refractivity contribution in [1.29, 1.82) is 0 Å². The number of hydrogen-bond acceptors (Lipinski definition) is 1. The van der Waals surface area contributed by atoms with Crippen molar-refractivity contribution in [3.63, 3.8) is 0 Å². The number of ether oxygens (including phenoxy) is 1. The van der Waals surface area contributed by atoms with Crippen LogP contribution in [0, 0.1) is 0 Å². The number of hydrogen-bond donors (Lipinski definition) is 0. The fourth-order valence-corrected chi connectivity index (χ4v) is 2.31. The van der Waals surface area contributed by atoms with Gasteiger partial charge in [-0.1, -0.05) is 32.4 Å². The molecule has 1 aliphatic carbocycles. The van der Waals surface area contributed by atoms with Gasteiger partial charge in [0, 0.05) is 0 Å². The molecule has 0 unspecified atom stereocenters. The summed E-state index contributed by atoms with van der Waals surface area (Å²) in [6.45, 7) is 4.44. The predicted octanol–water partition coefficient (Wildman–Crippen LogP) is 4.52. The summed E-state index contributed by atoms with van der Waals surface area (Å²) in [6, 6.07) is 8.60. The first-order valence-corrected chi connectivity index (χ1v) is 6.52. The largest absolute Gasteiger partial charge is 0.490 e. The molecule has 0 radical (unpaired) electrons. The van der Waals surface area contributed by atoms with Crippen molar-refractivity contribution in [2.45, 2.75) is 58.0 Å². The van der Waals surface area contributed by atoms with Crippen LogP contribution in [0.4, 0.5) is 0 Å². The molecule has 1 saturated carbocycles. The third-order valence-electron chi connectivity index (χ3n) is 3.40. The predicted molar refractivity (Wildman–Crippen MR) is 68.0 cm³/mol. The van der Waals surface area contributed by atoms with Crippen molar-refractivity contribution >= 4 is 0 Å². The maximum atomic E-state index is 5.99. The molecule has 0 aliphatic heterocycles. The van der Waals surface area contributed by atoms with E-state index in [1.807, 2.05) is 0 Å². The van der Waals surface area contributed by atoms with E-state index in [4.69, 9.17) is 4.74 Å². The van der Waals surface area contributed by atoms with Crippen LogP contribution in [0.15, 0.2) is 24.3 Å². The molecular formula is C15H22O. The van der Waals surface area contributed by atoms with Gasteiger partial charge in [-0.15, -0.1) is 0 Å². The fourth-order valence-electron chi connectivity index (χ4n) is 2.31. The zero-order valence-corrected chi connectivity index (χ0v) is 10.4. The molecule has 1 aromatic rings. The Hall–Kier alpha value is -0.980. The molecule has 1 nitrogen and oxygen atoms in total. The minimum atomic E-state index is 0.457. The third kappa shape index (κ3) is 3.01. The van der Waals surface area contributed by atoms with Gasteiger partial charge in [-0.05, 0) is 49.3 Å². The highest BCUT2D eigenvalue weighted by Crippen LogP contribution is 2.24. The van der Waals surface area contributed by atoms with Crippen LogP contribution < -0.4 is 4.74 Å². The van der Waals surface area contributed by atoms with E-state index in [-0.39, 0.29) is 0 Å². The van der Waals surface area contributed by atoms with E-state index in [0.717, 1.165) is 5.75 Å². The molecule has 16 heavy (non-hydrogen) atoms. The molecule has 0 N–H and O–H groups in total. The van der Waals surface area contributed by atoms with Gasteiger partial charge in [0.25, 0.3) is 0 Å². The molecule has 0 amide bonds. The fraction of sp³-hybridized carbons (Fsp3) is 0.600. The molecular weight excluding hydrogens is 196 g/mol. The van der Waals surface area contributed by atoms with E-state index in [1.54, 1.807) is 0 Å². The average Bonchev–Trinajstić information content (AvgIpc) is 2.31. The Morgan fingerprint density at radius 3 is 2.19 bits per heavy atom. The molecule has 1 aliphatic rings. The summed E-state index contributed by atoms with van der Waals surface area (Å²) in [5, 5.41) is 0. The van der Waals surface area contributed by atoms with E-state index in [1.165, 1.54) is 37.7 Å². The Morgan fingerprint density at radius 2 is 1.62 bits per heavy atom. The smallest absolute Gasteiger partial charge is 0.119 e. The first kappa shape index (κ1) is 11.5. The van der Waals surface area contributed by atoms with Crippen LogP contribution in [-0.4, -0.2) is 6.10 Å². The SMILES string of the molecule is CC(C)c1ccc(OC2CCCCC2)cc1. The van der Waals surface area contributed by atoms with Gasteiger partial charge in [0.05, 0.1) is 6.10 Å². The summed E-state index contributed by atoms with van der Waals surface area (Å²) in [7, 11) is 0. The molecule has 1 fully saturated rings. The van der Waals surface area contributed by atoms with Gasteiger partial charge in [-0.3, -0.25) is 0 Å². The lowest BCUT2D eigenvalue weighted by atomic mass is 9.97. The first-order chi connectivity index (χ1) is 7.75. The van der Waals surface area contributed by atoms with Crippen LogP contribution >= 0.6 is 0 Å². The van der Waals surface area contributed by atoms with Gasteiger partial charge >= 0.3 is 0 Å². The molecule has 1 heteroatoms. The standard InChI is InChI=1S/C15H22O/c1-12(2)13-8-10-15(11-9-13)16-14-6-4-3-5-7-14/h8-12,14H,3-7H2,1-2H3. The lowest BCUT2D eigenvalue weighted by Gasteiger charge is -2.23. The Balaban J connectivity index is 1.93. The number of rotatable bonds is 3. The van der Waals surface area contributed by atoms with Crippen molar-refractivity contribution in [2.75, 3.05) is 0 Å². The van der Waals surface area contributed by atoms with Gasteiger partial charge < -0.3 is 4.74 Å². The second kappa shape index (κ2) is 5.38. The molecule has 0 aromatic heterocycles. The summed E-state index contributed by atoms with van der Waals surface area (Å²) >= 11 is 0. The second-order valence-corrected chi connectivity index (χ2v) is 5.10. The van der Waals surface area contributed by atoms with Crippen LogP contribution in [0.2, 0.25) is 0 Å². The Kier molecular flexibility index (Phi) is 3.87. The maximum absolute atomic E-state index is 5.99. The van der Waals surface area contributed by atoms with E-state index in [9.17, 15) is 0 Å². The van der Waals surface area contributed by atoms with Gasteiger partial charge in [-0.25, -0.2) is 0 Å². The van der Waals surface area contributed by atoms with Gasteiger partial charge in [-0.2, -0.15) is 0 Å². The highest BCUT2D eigenvalue weighted by atomic mass is 16.5. The quantitative estimate of drug-likeness (QED) is 0.724. The molecule has 0 bridgehead atoms. The highest BCUT2D eigenvalue weighted by Gasteiger charge is 2.14. The Bertz CT molecular complexity index is 307. The van der Waals surface area contributed by atoms with Crippen molar-refractivity contribution in [2.24, 2.45) is 0 Å². The molecule has 88 valence electrons. The maximum Gasteiger partial charge on any atom is 0.119 e. The van der Waals surface area contributed by atoms with Crippen molar-refractivity contribution < 1.29 is 4.74 Å². The van der Waals surface area contributed by atoms with E-state index in [2.05, 4.69) is 38.1 Å². The zero-order chi connectivity index (χ0) is 11.4. The van der Waals surface area contributed by atoms with E-state index in [0.29, 0.717) is 12.0 Å². The summed E-state index contributed by atoms with van der Waals surface area (Å²) in [5.74, 6) is 1.64. The zero-order valence-electron chi connectivity index (χ0n) is 10.4. The molecule has 0 spiro atoms. The molecule has 0 heterocycles. The minimum Gasteiger partial charge on any atom is -0.490 e. The first-order valence-electron chi connectivity index (χ1n) is 6.52. The van der Waals surface area contributed by atoms with Crippen molar-refractivity contribution in [3.05, 3.63) is 29.8 Å². The third-order valence-corrected chi connectivity index (χ3v) is 3.40. The summed E-state index contributed by atoms with van der Waals surface area (Å²) in [6.07, 6.45) is 6.95. The van der Waals surface area contributed by atoms with E-state index >= 15 is 0 Å². The van der Waals surface area contributed by atoms with Crippen LogP contribution in [-0.2, 0) is 0 Å². The van der Waals surface area contributed by atoms with Crippen molar-refractivity contribution in [1.82, 2.24) is 0 Å². The molecule has 0 atom stereocenters. The lowest BCUT2D eigenvalue weighted by molar-refractivity contribution is 0.155. The monoisotopic (exact) mass is 218 g/mol. The minimum absolute atomic E-state index is 0.457. The van der Waals surface area contributed by atoms with Crippen LogP contribution in [0.25, 0.3) is 0 Å². The molecule has 2 rings (SSSR count). The van der Waals surface area contributed by atoms with E-state index < -0.39 is 0 Å². The lowest BCUT2D eigenvalue weighted by Crippen LogP contribution is -2.19. The van der Waals surface area contributed by atoms with Crippen molar-refractivity contribution in [3.8, 4) is 5.75 Å². The number of benzene rings is 1. The highest BCUT2D eigenvalue weighted by molar-refractivity contribution is 5.29. The Morgan fingerprint density at radius 1 is 1.00 bits per heavy atom. The normalized spacial score (nSPS) is 17.7. The topological polar surface area (TPSA) is 9.23 Å². The summed E-state index contributed by atoms with van der Waals surface area (Å²) in [4.78, 5) is 0. The van der Waals surface area contributed by atoms with Gasteiger partial charge in [0.15, 0.2) is 0 Å². The molecule has 1 aromatic carbocycles. The second-order valence-electron chi connectivity index (χ2n) is 5.10. The van der Waals surface area contributed by atoms with Gasteiger partial charge in [0.1, 0.15) is 5.75 Å². The average molecular weight is 218 g/mol. The van der Waals surface area contributed by atoms with Crippen LogP contribution in [0.5, 0.6) is 5.75 Å².